The van der Waals surface area contributed by atoms with Crippen molar-refractivity contribution in [1.82, 2.24) is 0 Å². The van der Waals surface area contributed by atoms with E-state index in [9.17, 15) is 0 Å². The Morgan fingerprint density at radius 2 is 0.846 bits per heavy atom. The molecule has 0 atom stereocenters. The molecule has 0 saturated heterocycles. The van der Waals surface area contributed by atoms with Gasteiger partial charge in [-0.05, 0) is 0 Å². The van der Waals surface area contributed by atoms with Crippen LogP contribution in [0.2, 0.25) is 0 Å². The number of rotatable bonds is 6. The molecule has 0 aliphatic heterocycles. The van der Waals surface area contributed by atoms with Gasteiger partial charge in [-0.1, -0.05) is 0 Å². The Bertz CT molecular complexity index is 102. The predicted octanol–water partition coefficient (Wildman–Crippen LogP) is 2.62. The van der Waals surface area contributed by atoms with Crippen molar-refractivity contribution in [2.75, 3.05) is 0 Å². The quantitative estimate of drug-likeness (QED) is 0.660. The molecule has 0 unspecified atom stereocenters. The average molecular weight is 233 g/mol. The zero-order valence-electron chi connectivity index (χ0n) is 9.31. The van der Waals surface area contributed by atoms with Crippen molar-refractivity contribution in [2.45, 2.75) is 59.9 Å². The summed E-state index contributed by atoms with van der Waals surface area (Å²) in [7, 11) is 0. The van der Waals surface area contributed by atoms with Crippen molar-refractivity contribution in [2.24, 2.45) is 0 Å². The van der Waals surface area contributed by atoms with Crippen molar-refractivity contribution >= 4 is 0 Å². The summed E-state index contributed by atoms with van der Waals surface area (Å²) < 4.78 is 16.5. The molecular weight excluding hydrogens is 212 g/mol. The van der Waals surface area contributed by atoms with Gasteiger partial charge in [0, 0.05) is 0 Å². The molecule has 0 fully saturated rings. The van der Waals surface area contributed by atoms with E-state index in [0.29, 0.717) is 0 Å². The summed E-state index contributed by atoms with van der Waals surface area (Å²) in [4.78, 5) is 0. The second-order valence-electron chi connectivity index (χ2n) is 3.57. The SMILES string of the molecule is CC(C)[O][Fe]([O]C(C)C)[O]C(C)C. The molecule has 0 aliphatic rings. The van der Waals surface area contributed by atoms with E-state index < -0.39 is 14.9 Å². The first-order chi connectivity index (χ1) is 5.91. The Kier molecular flexibility index (Phi) is 7.00. The third-order valence-electron chi connectivity index (χ3n) is 0.704. The van der Waals surface area contributed by atoms with Gasteiger partial charge in [0.25, 0.3) is 0 Å². The number of hydrogen-bond acceptors (Lipinski definition) is 3. The Balaban J connectivity index is 3.87. The molecule has 0 bridgehead atoms. The molecule has 0 spiro atoms. The zero-order chi connectivity index (χ0) is 10.4. The van der Waals surface area contributed by atoms with Crippen LogP contribution in [-0.4, -0.2) is 18.3 Å². The van der Waals surface area contributed by atoms with Crippen LogP contribution in [0, 0.1) is 0 Å². The third-order valence-corrected chi connectivity index (χ3v) is 2.90. The molecule has 0 radical (unpaired) electrons. The van der Waals surface area contributed by atoms with Crippen molar-refractivity contribution < 1.29 is 26.3 Å². The van der Waals surface area contributed by atoms with E-state index in [2.05, 4.69) is 0 Å². The summed E-state index contributed by atoms with van der Waals surface area (Å²) in [6.45, 7) is 11.9. The topological polar surface area (TPSA) is 27.7 Å². The summed E-state index contributed by atoms with van der Waals surface area (Å²) in [5.74, 6) is 0. The summed E-state index contributed by atoms with van der Waals surface area (Å²) >= 11 is -1.36. The standard InChI is InChI=1S/3C3H7O.Fe/c3*1-3(2)4;/h3*3H,1-2H3;/q3*-1;+3. The first-order valence-electron chi connectivity index (χ1n) is 4.60. The first kappa shape index (κ1) is 13.4. The predicted molar refractivity (Wildman–Crippen MR) is 48.7 cm³/mol. The molecule has 0 aromatic heterocycles. The number of hydrogen-bond donors (Lipinski definition) is 0. The molecule has 0 aromatic carbocycles. The minimum atomic E-state index is -1.36. The summed E-state index contributed by atoms with van der Waals surface area (Å²) in [5, 5.41) is 0. The van der Waals surface area contributed by atoms with Gasteiger partial charge in [-0.2, -0.15) is 0 Å². The van der Waals surface area contributed by atoms with Crippen LogP contribution < -0.4 is 0 Å². The second kappa shape index (κ2) is 6.79. The average Bonchev–Trinajstić information content (AvgIpc) is 1.80. The van der Waals surface area contributed by atoms with Gasteiger partial charge in [-0.25, -0.2) is 0 Å². The van der Waals surface area contributed by atoms with Gasteiger partial charge in [0.15, 0.2) is 0 Å². The van der Waals surface area contributed by atoms with Crippen LogP contribution >= 0.6 is 0 Å². The molecule has 0 aliphatic carbocycles. The summed E-state index contributed by atoms with van der Waals surface area (Å²) in [6, 6.07) is 0. The fourth-order valence-electron chi connectivity index (χ4n) is 0.467. The van der Waals surface area contributed by atoms with Crippen LogP contribution in [0.1, 0.15) is 41.5 Å². The van der Waals surface area contributed by atoms with Crippen LogP contribution in [0.25, 0.3) is 0 Å². The first-order valence-corrected chi connectivity index (χ1v) is 5.96. The van der Waals surface area contributed by atoms with E-state index in [4.69, 9.17) is 11.5 Å². The van der Waals surface area contributed by atoms with Gasteiger partial charge in [0.2, 0.25) is 0 Å². The Labute approximate surface area is 86.6 Å². The zero-order valence-corrected chi connectivity index (χ0v) is 10.4. The Hall–Kier alpha value is 0.399. The van der Waals surface area contributed by atoms with Crippen molar-refractivity contribution in [3.63, 3.8) is 0 Å². The van der Waals surface area contributed by atoms with Gasteiger partial charge in [0.1, 0.15) is 0 Å². The molecule has 0 rings (SSSR count). The third kappa shape index (κ3) is 8.72. The minimum absolute atomic E-state index is 0.150. The molecule has 0 amide bonds. The molecule has 3 nitrogen and oxygen atoms in total. The molecule has 0 aromatic rings. The van der Waals surface area contributed by atoms with E-state index in [1.54, 1.807) is 0 Å². The maximum absolute atomic E-state index is 5.51. The maximum atomic E-state index is 5.51. The Morgan fingerprint density at radius 3 is 1.00 bits per heavy atom. The Morgan fingerprint density at radius 1 is 0.615 bits per heavy atom. The molecule has 4 heteroatoms. The molecular formula is C9H21FeO3. The van der Waals surface area contributed by atoms with Crippen molar-refractivity contribution in [1.29, 1.82) is 0 Å². The fourth-order valence-corrected chi connectivity index (χ4v) is 1.93. The fraction of sp³-hybridized carbons (Fsp3) is 1.00. The molecule has 83 valence electrons. The molecule has 0 saturated carbocycles. The van der Waals surface area contributed by atoms with Gasteiger partial charge < -0.3 is 0 Å². The van der Waals surface area contributed by atoms with Crippen LogP contribution in [0.3, 0.4) is 0 Å². The van der Waals surface area contributed by atoms with Crippen LogP contribution in [0.4, 0.5) is 0 Å². The molecule has 13 heavy (non-hydrogen) atoms. The van der Waals surface area contributed by atoms with Crippen molar-refractivity contribution in [3.05, 3.63) is 0 Å². The summed E-state index contributed by atoms with van der Waals surface area (Å²) in [6.07, 6.45) is 0.451. The normalized spacial score (nSPS) is 13.2. The summed E-state index contributed by atoms with van der Waals surface area (Å²) in [5.41, 5.74) is 0. The van der Waals surface area contributed by atoms with Crippen molar-refractivity contribution in [3.8, 4) is 0 Å². The van der Waals surface area contributed by atoms with E-state index >= 15 is 0 Å². The van der Waals surface area contributed by atoms with E-state index in [1.807, 2.05) is 41.5 Å². The van der Waals surface area contributed by atoms with Gasteiger partial charge in [0.05, 0.1) is 0 Å². The molecule has 0 heterocycles. The van der Waals surface area contributed by atoms with E-state index in [1.165, 1.54) is 0 Å². The van der Waals surface area contributed by atoms with Crippen LogP contribution in [0.15, 0.2) is 0 Å². The van der Waals surface area contributed by atoms with Gasteiger partial charge >= 0.3 is 86.2 Å². The van der Waals surface area contributed by atoms with E-state index in [0.717, 1.165) is 0 Å². The van der Waals surface area contributed by atoms with Crippen LogP contribution in [0.5, 0.6) is 0 Å². The monoisotopic (exact) mass is 233 g/mol. The van der Waals surface area contributed by atoms with E-state index in [-0.39, 0.29) is 18.3 Å². The molecule has 0 N–H and O–H groups in total. The van der Waals surface area contributed by atoms with Gasteiger partial charge in [-0.3, -0.25) is 0 Å². The van der Waals surface area contributed by atoms with Crippen LogP contribution in [-0.2, 0) is 26.3 Å². The second-order valence-corrected chi connectivity index (χ2v) is 4.91. The van der Waals surface area contributed by atoms with Gasteiger partial charge in [-0.15, -0.1) is 0 Å².